The highest BCUT2D eigenvalue weighted by atomic mass is 35.5. The molecule has 0 spiro atoms. The van der Waals surface area contributed by atoms with Crippen LogP contribution in [0.3, 0.4) is 0 Å². The summed E-state index contributed by atoms with van der Waals surface area (Å²) >= 11 is 1.74. The van der Waals surface area contributed by atoms with Gasteiger partial charge in [0, 0.05) is 17.3 Å². The number of amides is 1. The fraction of sp³-hybridized carbons (Fsp3) is 0.333. The first-order valence-electron chi connectivity index (χ1n) is 5.81. The van der Waals surface area contributed by atoms with E-state index in [-0.39, 0.29) is 36.8 Å². The molecule has 0 aliphatic carbocycles. The van der Waals surface area contributed by atoms with Crippen molar-refractivity contribution >= 4 is 59.2 Å². The number of benzene rings is 1. The third-order valence-electron chi connectivity index (χ3n) is 2.90. The van der Waals surface area contributed by atoms with Crippen molar-refractivity contribution in [2.45, 2.75) is 13.0 Å². The number of nitrogens with zero attached hydrogens (tertiary/aromatic N) is 1. The minimum Gasteiger partial charge on any atom is -0.342 e. The van der Waals surface area contributed by atoms with Crippen LogP contribution < -0.4 is 10.6 Å². The molecule has 8 heteroatoms. The van der Waals surface area contributed by atoms with E-state index in [0.717, 1.165) is 34.2 Å². The maximum Gasteiger partial charge on any atom is 0.242 e. The van der Waals surface area contributed by atoms with Crippen LogP contribution in [0, 0.1) is 6.92 Å². The second kappa shape index (κ2) is 7.17. The monoisotopic (exact) mass is 334 g/mol. The van der Waals surface area contributed by atoms with Gasteiger partial charge in [-0.05, 0) is 25.1 Å². The minimum atomic E-state index is -0.0887. The van der Waals surface area contributed by atoms with Crippen LogP contribution in [0.4, 0.5) is 5.69 Å². The molecule has 2 heterocycles. The van der Waals surface area contributed by atoms with E-state index < -0.39 is 0 Å². The molecule has 1 aromatic carbocycles. The van der Waals surface area contributed by atoms with Crippen LogP contribution in [0.25, 0.3) is 11.0 Å². The minimum absolute atomic E-state index is 0. The van der Waals surface area contributed by atoms with E-state index in [1.165, 1.54) is 0 Å². The Morgan fingerprint density at radius 3 is 2.95 bits per heavy atom. The summed E-state index contributed by atoms with van der Waals surface area (Å²) in [4.78, 5) is 19.4. The van der Waals surface area contributed by atoms with E-state index in [0.29, 0.717) is 0 Å². The van der Waals surface area contributed by atoms with E-state index in [9.17, 15) is 4.79 Å². The van der Waals surface area contributed by atoms with Crippen LogP contribution in [-0.4, -0.2) is 33.5 Å². The van der Waals surface area contributed by atoms with Crippen molar-refractivity contribution in [1.29, 1.82) is 0 Å². The number of nitrogens with one attached hydrogen (secondary N) is 3. The van der Waals surface area contributed by atoms with Crippen molar-refractivity contribution in [3.8, 4) is 0 Å². The summed E-state index contributed by atoms with van der Waals surface area (Å²) in [6.45, 7) is 1.91. The number of rotatable bonds is 2. The van der Waals surface area contributed by atoms with Crippen molar-refractivity contribution in [2.24, 2.45) is 0 Å². The summed E-state index contributed by atoms with van der Waals surface area (Å²) < 4.78 is 0. The van der Waals surface area contributed by atoms with Gasteiger partial charge in [0.2, 0.25) is 5.91 Å². The largest absolute Gasteiger partial charge is 0.342 e. The maximum atomic E-state index is 11.9. The zero-order chi connectivity index (χ0) is 12.5. The molecule has 1 saturated heterocycles. The fourth-order valence-corrected chi connectivity index (χ4v) is 2.95. The topological polar surface area (TPSA) is 69.8 Å². The predicted octanol–water partition coefficient (Wildman–Crippen LogP) is 2.32. The van der Waals surface area contributed by atoms with Crippen LogP contribution in [-0.2, 0) is 4.79 Å². The van der Waals surface area contributed by atoms with E-state index in [2.05, 4.69) is 20.6 Å². The average Bonchev–Trinajstić information content (AvgIpc) is 2.95. The number of hydrogen-bond donors (Lipinski definition) is 3. The van der Waals surface area contributed by atoms with Crippen molar-refractivity contribution < 1.29 is 4.79 Å². The third-order valence-corrected chi connectivity index (χ3v) is 3.84. The Kier molecular flexibility index (Phi) is 6.13. The van der Waals surface area contributed by atoms with Gasteiger partial charge < -0.3 is 10.3 Å². The van der Waals surface area contributed by atoms with Crippen molar-refractivity contribution in [2.75, 3.05) is 16.9 Å². The van der Waals surface area contributed by atoms with Crippen LogP contribution in [0.1, 0.15) is 5.82 Å². The standard InChI is InChI=1S/C12H14N4OS.2ClH/c1-7-14-9-3-2-8(4-10(9)15-7)16-12(17)11-5-18-6-13-11;;/h2-4,11,13H,5-6H2,1H3,(H,14,15)(H,16,17);2*1H. The number of thioether (sulfide) groups is 1. The van der Waals surface area contributed by atoms with Crippen LogP contribution in [0.15, 0.2) is 18.2 Å². The summed E-state index contributed by atoms with van der Waals surface area (Å²) in [6, 6.07) is 5.61. The number of aryl methyl sites for hydroxylation is 1. The van der Waals surface area contributed by atoms with E-state index in [1.807, 2.05) is 25.1 Å². The third kappa shape index (κ3) is 3.58. The van der Waals surface area contributed by atoms with E-state index in [4.69, 9.17) is 0 Å². The highest BCUT2D eigenvalue weighted by molar-refractivity contribution is 7.99. The van der Waals surface area contributed by atoms with Gasteiger partial charge in [0.1, 0.15) is 5.82 Å². The summed E-state index contributed by atoms with van der Waals surface area (Å²) in [5, 5.41) is 6.07. The number of anilines is 1. The number of H-pyrrole nitrogens is 1. The van der Waals surface area contributed by atoms with Gasteiger partial charge in [-0.1, -0.05) is 0 Å². The van der Waals surface area contributed by atoms with Crippen LogP contribution in [0.2, 0.25) is 0 Å². The summed E-state index contributed by atoms with van der Waals surface area (Å²) in [6.07, 6.45) is 0. The second-order valence-corrected chi connectivity index (χ2v) is 5.35. The number of aromatic nitrogens is 2. The highest BCUT2D eigenvalue weighted by Gasteiger charge is 2.22. The molecule has 1 atom stereocenters. The molecule has 1 fully saturated rings. The van der Waals surface area contributed by atoms with Gasteiger partial charge >= 0.3 is 0 Å². The highest BCUT2D eigenvalue weighted by Crippen LogP contribution is 2.18. The lowest BCUT2D eigenvalue weighted by atomic mass is 10.2. The molecular formula is C12H16Cl2N4OS. The molecule has 1 unspecified atom stereocenters. The number of halogens is 2. The lowest BCUT2D eigenvalue weighted by Gasteiger charge is -2.10. The Bertz CT molecular complexity index is 598. The van der Waals surface area contributed by atoms with Crippen molar-refractivity contribution in [3.63, 3.8) is 0 Å². The van der Waals surface area contributed by atoms with Crippen LogP contribution >= 0.6 is 36.6 Å². The Hall–Kier alpha value is -0.950. The molecule has 1 aliphatic heterocycles. The first-order valence-corrected chi connectivity index (χ1v) is 6.96. The molecule has 5 nitrogen and oxygen atoms in total. The fourth-order valence-electron chi connectivity index (χ4n) is 2.01. The number of carbonyl (C=O) groups is 1. The number of carbonyl (C=O) groups excluding carboxylic acids is 1. The molecule has 1 aromatic heterocycles. The first-order chi connectivity index (χ1) is 8.72. The van der Waals surface area contributed by atoms with Gasteiger partial charge in [-0.25, -0.2) is 4.98 Å². The first kappa shape index (κ1) is 17.1. The Morgan fingerprint density at radius 2 is 2.25 bits per heavy atom. The molecule has 1 aliphatic rings. The van der Waals surface area contributed by atoms with E-state index >= 15 is 0 Å². The molecule has 2 aromatic rings. The molecule has 0 bridgehead atoms. The summed E-state index contributed by atoms with van der Waals surface area (Å²) in [7, 11) is 0. The summed E-state index contributed by atoms with van der Waals surface area (Å²) in [5.41, 5.74) is 2.66. The normalized spacial score (nSPS) is 17.4. The van der Waals surface area contributed by atoms with Gasteiger partial charge in [-0.15, -0.1) is 36.6 Å². The van der Waals surface area contributed by atoms with Crippen molar-refractivity contribution in [1.82, 2.24) is 15.3 Å². The second-order valence-electron chi connectivity index (χ2n) is 4.32. The average molecular weight is 335 g/mol. The Balaban J connectivity index is 0.000001000. The van der Waals surface area contributed by atoms with Crippen molar-refractivity contribution in [3.05, 3.63) is 24.0 Å². The van der Waals surface area contributed by atoms with Gasteiger partial charge in [0.15, 0.2) is 0 Å². The zero-order valence-electron chi connectivity index (χ0n) is 10.8. The zero-order valence-corrected chi connectivity index (χ0v) is 13.3. The molecular weight excluding hydrogens is 319 g/mol. The lowest BCUT2D eigenvalue weighted by molar-refractivity contribution is -0.117. The quantitative estimate of drug-likeness (QED) is 0.788. The number of fused-ring (bicyclic) bond motifs is 1. The molecule has 3 N–H and O–H groups in total. The molecule has 20 heavy (non-hydrogen) atoms. The molecule has 0 saturated carbocycles. The molecule has 110 valence electrons. The lowest BCUT2D eigenvalue weighted by Crippen LogP contribution is -2.37. The summed E-state index contributed by atoms with van der Waals surface area (Å²) in [5.74, 6) is 2.58. The van der Waals surface area contributed by atoms with Gasteiger partial charge in [0.25, 0.3) is 0 Å². The van der Waals surface area contributed by atoms with Gasteiger partial charge in [-0.2, -0.15) is 0 Å². The maximum absolute atomic E-state index is 11.9. The van der Waals surface area contributed by atoms with Gasteiger partial charge in [0.05, 0.1) is 17.1 Å². The molecule has 0 radical (unpaired) electrons. The predicted molar refractivity (Wildman–Crippen MR) is 88.2 cm³/mol. The smallest absolute Gasteiger partial charge is 0.242 e. The molecule has 3 rings (SSSR count). The number of imidazole rings is 1. The number of aromatic amines is 1. The van der Waals surface area contributed by atoms with Crippen LogP contribution in [0.5, 0.6) is 0 Å². The Morgan fingerprint density at radius 1 is 1.45 bits per heavy atom. The number of hydrogen-bond acceptors (Lipinski definition) is 4. The van der Waals surface area contributed by atoms with E-state index in [1.54, 1.807) is 11.8 Å². The Labute approximate surface area is 133 Å². The SMILES string of the molecule is Cc1nc2ccc(NC(=O)C3CSCN3)cc2[nH]1.Cl.Cl. The van der Waals surface area contributed by atoms with Gasteiger partial charge in [-0.3, -0.25) is 10.1 Å². The molecule has 1 amide bonds.